The van der Waals surface area contributed by atoms with Gasteiger partial charge < -0.3 is 4.57 Å². The Morgan fingerprint density at radius 3 is 1.64 bits per heavy atom. The normalized spacial score (nSPS) is 11.7. The second-order valence-electron chi connectivity index (χ2n) is 13.8. The predicted octanol–water partition coefficient (Wildman–Crippen LogP) is 12.9. The number of alkyl halides is 3. The molecule has 0 fully saturated rings. The summed E-state index contributed by atoms with van der Waals surface area (Å²) in [6.45, 7) is 4.21. The van der Waals surface area contributed by atoms with Crippen molar-refractivity contribution in [2.24, 2.45) is 0 Å². The van der Waals surface area contributed by atoms with Crippen LogP contribution in [0.4, 0.5) is 13.2 Å². The Bertz CT molecular complexity index is 2800. The quantitative estimate of drug-likeness (QED) is 0.172. The highest BCUT2D eigenvalue weighted by Gasteiger charge is 2.30. The molecule has 7 aromatic carbocycles. The number of nitrogens with zero attached hydrogens (tertiary/aromatic N) is 4. The average Bonchev–Trinajstić information content (AvgIpc) is 3.54. The lowest BCUT2D eigenvalue weighted by Gasteiger charge is -2.17. The van der Waals surface area contributed by atoms with Gasteiger partial charge >= 0.3 is 6.18 Å². The van der Waals surface area contributed by atoms with Crippen molar-refractivity contribution in [3.63, 3.8) is 0 Å². The minimum atomic E-state index is -4.48. The number of aryl methyl sites for hydroxylation is 2. The van der Waals surface area contributed by atoms with Crippen LogP contribution in [0.2, 0.25) is 0 Å². The van der Waals surface area contributed by atoms with Gasteiger partial charge in [0.15, 0.2) is 17.5 Å². The van der Waals surface area contributed by atoms with Crippen molar-refractivity contribution < 1.29 is 13.2 Å². The van der Waals surface area contributed by atoms with E-state index in [0.29, 0.717) is 34.2 Å². The van der Waals surface area contributed by atoms with E-state index in [-0.39, 0.29) is 0 Å². The van der Waals surface area contributed by atoms with Crippen LogP contribution in [0.5, 0.6) is 0 Å². The fourth-order valence-corrected chi connectivity index (χ4v) is 7.44. The SMILES string of the molecule is Cc1cc(C)cc(-c2ccc3c(c2)c2ccccc2n3-c2cc(-c3cccc(C(F)(F)F)c3)ccc2-c2nc(-c3ccccc3)nc(-c3ccccc3)n2)c1. The van der Waals surface area contributed by atoms with Crippen LogP contribution >= 0.6 is 0 Å². The van der Waals surface area contributed by atoms with Crippen LogP contribution in [0.15, 0.2) is 164 Å². The van der Waals surface area contributed by atoms with Crippen LogP contribution in [-0.4, -0.2) is 19.5 Å². The molecule has 55 heavy (non-hydrogen) atoms. The standard InChI is InChI=1S/C48H33F3N4/c1-30-24-31(2)26-37(25-30)35-21-23-43-41(28-35)39-18-9-10-19-42(39)55(43)44-29-36(34-16-11-17-38(27-34)48(49,50)51)20-22-40(44)47-53-45(32-12-5-3-6-13-32)52-46(54-47)33-14-7-4-8-15-33/h3-29H,1-2H3. The number of halogens is 3. The molecule has 9 rings (SSSR count). The van der Waals surface area contributed by atoms with Crippen LogP contribution in [0.1, 0.15) is 16.7 Å². The Kier molecular flexibility index (Phi) is 8.35. The summed E-state index contributed by atoms with van der Waals surface area (Å²) >= 11 is 0. The maximum atomic E-state index is 13.9. The molecule has 2 heterocycles. The molecule has 0 unspecified atom stereocenters. The van der Waals surface area contributed by atoms with E-state index >= 15 is 0 Å². The first-order valence-electron chi connectivity index (χ1n) is 18.0. The summed E-state index contributed by atoms with van der Waals surface area (Å²) in [5, 5.41) is 2.10. The lowest BCUT2D eigenvalue weighted by Crippen LogP contribution is -2.05. The van der Waals surface area contributed by atoms with Gasteiger partial charge in [-0.3, -0.25) is 0 Å². The zero-order valence-corrected chi connectivity index (χ0v) is 30.0. The van der Waals surface area contributed by atoms with E-state index in [1.54, 1.807) is 6.07 Å². The molecule has 0 N–H and O–H groups in total. The molecule has 266 valence electrons. The van der Waals surface area contributed by atoms with E-state index in [9.17, 15) is 13.2 Å². The lowest BCUT2D eigenvalue weighted by atomic mass is 9.99. The number of fused-ring (bicyclic) bond motifs is 3. The fourth-order valence-electron chi connectivity index (χ4n) is 7.44. The molecule has 0 spiro atoms. The van der Waals surface area contributed by atoms with Gasteiger partial charge in [-0.15, -0.1) is 0 Å². The summed E-state index contributed by atoms with van der Waals surface area (Å²) in [4.78, 5) is 15.0. The molecule has 0 aliphatic carbocycles. The van der Waals surface area contributed by atoms with Crippen molar-refractivity contribution in [1.82, 2.24) is 19.5 Å². The molecule has 0 saturated carbocycles. The molecular formula is C48H33F3N4. The van der Waals surface area contributed by atoms with Crippen molar-refractivity contribution in [2.75, 3.05) is 0 Å². The van der Waals surface area contributed by atoms with Crippen molar-refractivity contribution in [3.8, 4) is 62.1 Å². The smallest absolute Gasteiger partial charge is 0.308 e. The van der Waals surface area contributed by atoms with E-state index in [2.05, 4.69) is 66.9 Å². The van der Waals surface area contributed by atoms with Gasteiger partial charge in [0.1, 0.15) is 0 Å². The van der Waals surface area contributed by atoms with Crippen LogP contribution < -0.4 is 0 Å². The largest absolute Gasteiger partial charge is 0.416 e. The van der Waals surface area contributed by atoms with Gasteiger partial charge in [0.25, 0.3) is 0 Å². The van der Waals surface area contributed by atoms with E-state index in [1.807, 2.05) is 91.0 Å². The Labute approximate surface area is 316 Å². The van der Waals surface area contributed by atoms with Crippen molar-refractivity contribution >= 4 is 21.8 Å². The Morgan fingerprint density at radius 2 is 0.964 bits per heavy atom. The van der Waals surface area contributed by atoms with E-state index < -0.39 is 11.7 Å². The monoisotopic (exact) mass is 722 g/mol. The van der Waals surface area contributed by atoms with Gasteiger partial charge in [0.2, 0.25) is 0 Å². The molecule has 0 radical (unpaired) electrons. The number of hydrogen-bond acceptors (Lipinski definition) is 3. The van der Waals surface area contributed by atoms with Gasteiger partial charge in [-0.05, 0) is 78.6 Å². The van der Waals surface area contributed by atoms with Crippen molar-refractivity contribution in [1.29, 1.82) is 0 Å². The van der Waals surface area contributed by atoms with E-state index in [4.69, 9.17) is 15.0 Å². The van der Waals surface area contributed by atoms with Gasteiger partial charge in [-0.25, -0.2) is 15.0 Å². The number of aromatic nitrogens is 4. The molecule has 0 aliphatic heterocycles. The number of rotatable bonds is 6. The first kappa shape index (κ1) is 33.9. The maximum Gasteiger partial charge on any atom is 0.416 e. The van der Waals surface area contributed by atoms with Crippen LogP contribution in [0, 0.1) is 13.8 Å². The number of benzene rings is 7. The summed E-state index contributed by atoms with van der Waals surface area (Å²) in [5.74, 6) is 1.46. The Hall–Kier alpha value is -6.86. The predicted molar refractivity (Wildman–Crippen MR) is 216 cm³/mol. The lowest BCUT2D eigenvalue weighted by molar-refractivity contribution is -0.137. The van der Waals surface area contributed by atoms with Crippen LogP contribution in [-0.2, 0) is 6.18 Å². The first-order valence-corrected chi connectivity index (χ1v) is 18.0. The van der Waals surface area contributed by atoms with Crippen molar-refractivity contribution in [3.05, 3.63) is 180 Å². The van der Waals surface area contributed by atoms with E-state index in [1.165, 1.54) is 23.3 Å². The number of hydrogen-bond donors (Lipinski definition) is 0. The third-order valence-electron chi connectivity index (χ3n) is 9.93. The average molecular weight is 723 g/mol. The molecule has 2 aromatic heterocycles. The van der Waals surface area contributed by atoms with Crippen molar-refractivity contribution in [2.45, 2.75) is 20.0 Å². The topological polar surface area (TPSA) is 43.6 Å². The summed E-state index contributed by atoms with van der Waals surface area (Å²) in [5.41, 5.74) is 9.97. The zero-order chi connectivity index (χ0) is 37.7. The number of para-hydroxylation sites is 1. The zero-order valence-electron chi connectivity index (χ0n) is 30.0. The third kappa shape index (κ3) is 6.44. The first-order chi connectivity index (χ1) is 26.7. The molecule has 0 atom stereocenters. The van der Waals surface area contributed by atoms with Gasteiger partial charge in [-0.1, -0.05) is 132 Å². The summed E-state index contributed by atoms with van der Waals surface area (Å²) in [7, 11) is 0. The second kappa shape index (κ2) is 13.5. The molecule has 4 nitrogen and oxygen atoms in total. The highest BCUT2D eigenvalue weighted by molar-refractivity contribution is 6.11. The minimum absolute atomic E-state index is 0.441. The summed E-state index contributed by atoms with van der Waals surface area (Å²) in [6, 6.07) is 51.9. The molecule has 7 heteroatoms. The van der Waals surface area contributed by atoms with Gasteiger partial charge in [-0.2, -0.15) is 13.2 Å². The third-order valence-corrected chi connectivity index (χ3v) is 9.93. The van der Waals surface area contributed by atoms with Gasteiger partial charge in [0.05, 0.1) is 22.3 Å². The Balaban J connectivity index is 1.34. The van der Waals surface area contributed by atoms with Crippen LogP contribution in [0.25, 0.3) is 83.9 Å². The molecule has 0 aliphatic rings. The summed E-state index contributed by atoms with van der Waals surface area (Å²) in [6.07, 6.45) is -4.48. The second-order valence-corrected chi connectivity index (χ2v) is 13.8. The molecular weight excluding hydrogens is 690 g/mol. The fraction of sp³-hybridized carbons (Fsp3) is 0.0625. The van der Waals surface area contributed by atoms with Crippen LogP contribution in [0.3, 0.4) is 0 Å². The Morgan fingerprint density at radius 1 is 0.418 bits per heavy atom. The minimum Gasteiger partial charge on any atom is -0.308 e. The summed E-state index contributed by atoms with van der Waals surface area (Å²) < 4.78 is 44.0. The highest BCUT2D eigenvalue weighted by Crippen LogP contribution is 2.40. The molecule has 0 bridgehead atoms. The molecule has 9 aromatic rings. The highest BCUT2D eigenvalue weighted by atomic mass is 19.4. The maximum absolute atomic E-state index is 13.9. The molecule has 0 amide bonds. The molecule has 0 saturated heterocycles. The van der Waals surface area contributed by atoms with E-state index in [0.717, 1.165) is 55.8 Å². The van der Waals surface area contributed by atoms with Gasteiger partial charge in [0, 0.05) is 27.5 Å².